The zero-order valence-corrected chi connectivity index (χ0v) is 7.46. The van der Waals surface area contributed by atoms with Gasteiger partial charge in [-0.05, 0) is 25.3 Å². The van der Waals surface area contributed by atoms with Crippen molar-refractivity contribution < 1.29 is 0 Å². The summed E-state index contributed by atoms with van der Waals surface area (Å²) in [5.41, 5.74) is 2.84. The first-order valence-electron chi connectivity index (χ1n) is 4.59. The fraction of sp³-hybridized carbons (Fsp3) is 0.333. The monoisotopic (exact) mass is 158 g/mol. The largest absolute Gasteiger partial charge is 0.0845 e. The molecule has 0 radical (unpaired) electrons. The molecule has 0 spiro atoms. The molecule has 2 aliphatic carbocycles. The van der Waals surface area contributed by atoms with E-state index in [9.17, 15) is 0 Å². The van der Waals surface area contributed by atoms with Crippen LogP contribution in [0.5, 0.6) is 0 Å². The summed E-state index contributed by atoms with van der Waals surface area (Å²) in [6.07, 6.45) is 16.0. The van der Waals surface area contributed by atoms with Crippen molar-refractivity contribution in [1.82, 2.24) is 0 Å². The Labute approximate surface area is 74.0 Å². The van der Waals surface area contributed by atoms with Gasteiger partial charge in [0.2, 0.25) is 0 Å². The zero-order chi connectivity index (χ0) is 8.39. The van der Waals surface area contributed by atoms with Gasteiger partial charge in [0.15, 0.2) is 0 Å². The van der Waals surface area contributed by atoms with Gasteiger partial charge in [0.05, 0.1) is 0 Å². The van der Waals surface area contributed by atoms with Gasteiger partial charge in [-0.2, -0.15) is 0 Å². The van der Waals surface area contributed by atoms with E-state index < -0.39 is 0 Å². The third kappa shape index (κ3) is 1.42. The Kier molecular flexibility index (Phi) is 1.99. The highest BCUT2D eigenvalue weighted by atomic mass is 14.2. The third-order valence-corrected chi connectivity index (χ3v) is 2.48. The minimum atomic E-state index is 0.670. The van der Waals surface area contributed by atoms with Crippen molar-refractivity contribution in [3.8, 4) is 0 Å². The van der Waals surface area contributed by atoms with Crippen LogP contribution in [-0.2, 0) is 0 Å². The van der Waals surface area contributed by atoms with Gasteiger partial charge < -0.3 is 0 Å². The van der Waals surface area contributed by atoms with Gasteiger partial charge >= 0.3 is 0 Å². The van der Waals surface area contributed by atoms with Crippen molar-refractivity contribution in [2.45, 2.75) is 19.8 Å². The maximum Gasteiger partial charge on any atom is 0.00242 e. The molecule has 0 aliphatic heterocycles. The Morgan fingerprint density at radius 3 is 3.25 bits per heavy atom. The number of allylic oxidation sites excluding steroid dienone is 8. The van der Waals surface area contributed by atoms with E-state index in [2.05, 4.69) is 43.4 Å². The van der Waals surface area contributed by atoms with Gasteiger partial charge in [0.25, 0.3) is 0 Å². The Morgan fingerprint density at radius 2 is 2.33 bits per heavy atom. The first-order valence-corrected chi connectivity index (χ1v) is 4.59. The second-order valence-corrected chi connectivity index (χ2v) is 3.53. The molecule has 0 heteroatoms. The highest BCUT2D eigenvalue weighted by Crippen LogP contribution is 2.27. The van der Waals surface area contributed by atoms with E-state index in [1.807, 2.05) is 0 Å². The van der Waals surface area contributed by atoms with Crippen LogP contribution in [0.4, 0.5) is 0 Å². The number of rotatable bonds is 0. The van der Waals surface area contributed by atoms with Crippen LogP contribution in [0.25, 0.3) is 0 Å². The number of fused-ring (bicyclic) bond motifs is 1. The maximum absolute atomic E-state index is 2.33. The lowest BCUT2D eigenvalue weighted by Crippen LogP contribution is -2.01. The SMILES string of the molecule is CC1=CC2=CC=CCCC2C=C1. The van der Waals surface area contributed by atoms with Crippen molar-refractivity contribution in [2.75, 3.05) is 0 Å². The van der Waals surface area contributed by atoms with Gasteiger partial charge in [0.1, 0.15) is 0 Å². The molecule has 0 fully saturated rings. The average Bonchev–Trinajstić information content (AvgIpc) is 2.28. The summed E-state index contributed by atoms with van der Waals surface area (Å²) in [5, 5.41) is 0. The van der Waals surface area contributed by atoms with E-state index in [4.69, 9.17) is 0 Å². The second kappa shape index (κ2) is 3.14. The lowest BCUT2D eigenvalue weighted by molar-refractivity contribution is 0.697. The van der Waals surface area contributed by atoms with E-state index in [0.717, 1.165) is 0 Å². The van der Waals surface area contributed by atoms with Crippen LogP contribution in [0.1, 0.15) is 19.8 Å². The Hall–Kier alpha value is -1.04. The molecule has 62 valence electrons. The van der Waals surface area contributed by atoms with E-state index in [0.29, 0.717) is 5.92 Å². The summed E-state index contributed by atoms with van der Waals surface area (Å²) in [6, 6.07) is 0. The van der Waals surface area contributed by atoms with Gasteiger partial charge in [0, 0.05) is 5.92 Å². The Balaban J connectivity index is 2.30. The van der Waals surface area contributed by atoms with Crippen LogP contribution < -0.4 is 0 Å². The van der Waals surface area contributed by atoms with Crippen molar-refractivity contribution >= 4 is 0 Å². The standard InChI is InChI=1S/C12H14/c1-10-7-8-11-5-3-2-4-6-12(11)9-10/h2,4,6-9,11H,3,5H2,1H3. The molecule has 0 aromatic rings. The van der Waals surface area contributed by atoms with Crippen molar-refractivity contribution in [1.29, 1.82) is 0 Å². The molecule has 0 bridgehead atoms. The zero-order valence-electron chi connectivity index (χ0n) is 7.46. The molecule has 0 N–H and O–H groups in total. The smallest absolute Gasteiger partial charge is 0.00242 e. The lowest BCUT2D eigenvalue weighted by Gasteiger charge is -2.16. The Morgan fingerprint density at radius 1 is 1.42 bits per heavy atom. The van der Waals surface area contributed by atoms with Gasteiger partial charge in [-0.3, -0.25) is 0 Å². The minimum absolute atomic E-state index is 0.670. The summed E-state index contributed by atoms with van der Waals surface area (Å²) >= 11 is 0. The fourth-order valence-electron chi connectivity index (χ4n) is 1.78. The normalized spacial score (nSPS) is 27.2. The summed E-state index contributed by atoms with van der Waals surface area (Å²) in [4.78, 5) is 0. The number of hydrogen-bond donors (Lipinski definition) is 0. The molecule has 0 nitrogen and oxygen atoms in total. The molecular formula is C12H14. The van der Waals surface area contributed by atoms with Crippen LogP contribution in [0.3, 0.4) is 0 Å². The van der Waals surface area contributed by atoms with Gasteiger partial charge in [-0.15, -0.1) is 0 Å². The van der Waals surface area contributed by atoms with E-state index in [1.54, 1.807) is 0 Å². The first-order chi connectivity index (χ1) is 5.86. The topological polar surface area (TPSA) is 0 Å². The summed E-state index contributed by atoms with van der Waals surface area (Å²) in [5.74, 6) is 0.670. The third-order valence-electron chi connectivity index (χ3n) is 2.48. The van der Waals surface area contributed by atoms with E-state index in [-0.39, 0.29) is 0 Å². The molecule has 1 unspecified atom stereocenters. The molecular weight excluding hydrogens is 144 g/mol. The highest BCUT2D eigenvalue weighted by molar-refractivity contribution is 5.40. The first kappa shape index (κ1) is 7.60. The van der Waals surface area contributed by atoms with Gasteiger partial charge in [-0.25, -0.2) is 0 Å². The molecule has 2 rings (SSSR count). The maximum atomic E-state index is 2.33. The molecule has 0 saturated heterocycles. The molecule has 0 aromatic heterocycles. The van der Waals surface area contributed by atoms with Crippen LogP contribution in [0.15, 0.2) is 47.6 Å². The second-order valence-electron chi connectivity index (χ2n) is 3.53. The summed E-state index contributed by atoms with van der Waals surface area (Å²) < 4.78 is 0. The van der Waals surface area contributed by atoms with Crippen LogP contribution >= 0.6 is 0 Å². The van der Waals surface area contributed by atoms with Crippen LogP contribution in [-0.4, -0.2) is 0 Å². The van der Waals surface area contributed by atoms with Crippen molar-refractivity contribution in [3.05, 3.63) is 47.6 Å². The van der Waals surface area contributed by atoms with Crippen molar-refractivity contribution in [2.24, 2.45) is 5.92 Å². The number of hydrogen-bond acceptors (Lipinski definition) is 0. The predicted octanol–water partition coefficient (Wildman–Crippen LogP) is 3.40. The molecule has 0 saturated carbocycles. The quantitative estimate of drug-likeness (QED) is 0.507. The minimum Gasteiger partial charge on any atom is -0.0845 e. The van der Waals surface area contributed by atoms with E-state index in [1.165, 1.54) is 24.0 Å². The van der Waals surface area contributed by atoms with Crippen LogP contribution in [0, 0.1) is 5.92 Å². The summed E-state index contributed by atoms with van der Waals surface area (Å²) in [7, 11) is 0. The van der Waals surface area contributed by atoms with E-state index >= 15 is 0 Å². The highest BCUT2D eigenvalue weighted by Gasteiger charge is 2.12. The lowest BCUT2D eigenvalue weighted by atomic mass is 9.89. The molecule has 0 heterocycles. The average molecular weight is 158 g/mol. The fourth-order valence-corrected chi connectivity index (χ4v) is 1.78. The molecule has 2 aliphatic rings. The predicted molar refractivity (Wildman–Crippen MR) is 52.8 cm³/mol. The molecule has 0 aromatic carbocycles. The molecule has 12 heavy (non-hydrogen) atoms. The van der Waals surface area contributed by atoms with Crippen molar-refractivity contribution in [3.63, 3.8) is 0 Å². The molecule has 0 amide bonds. The van der Waals surface area contributed by atoms with Crippen LogP contribution in [0.2, 0.25) is 0 Å². The molecule has 1 atom stereocenters. The van der Waals surface area contributed by atoms with Gasteiger partial charge in [-0.1, -0.05) is 42.0 Å². The Bertz CT molecular complexity index is 287. The summed E-state index contributed by atoms with van der Waals surface area (Å²) in [6.45, 7) is 2.15.